The minimum absolute atomic E-state index is 0.00282. The third-order valence-electron chi connectivity index (χ3n) is 1.56. The predicted octanol–water partition coefficient (Wildman–Crippen LogP) is -1.75. The van der Waals surface area contributed by atoms with E-state index in [1.807, 2.05) is 0 Å². The fourth-order valence-corrected chi connectivity index (χ4v) is 1.59. The Morgan fingerprint density at radius 2 is 1.60 bits per heavy atom. The maximum Gasteiger partial charge on any atom is 0.321 e. The van der Waals surface area contributed by atoms with Crippen LogP contribution >= 0.6 is 11.8 Å². The van der Waals surface area contributed by atoms with Crippen molar-refractivity contribution in [1.82, 2.24) is 0 Å². The van der Waals surface area contributed by atoms with Crippen molar-refractivity contribution < 1.29 is 24.9 Å². The molecule has 15 heavy (non-hydrogen) atoms. The molecule has 0 aromatic heterocycles. The maximum atomic E-state index is 10.3. The normalized spacial score (nSPS) is 16.7. The van der Waals surface area contributed by atoms with Crippen molar-refractivity contribution in [3.8, 4) is 0 Å². The molecule has 0 heterocycles. The first-order chi connectivity index (χ1) is 6.84. The fraction of sp³-hybridized carbons (Fsp3) is 0.714. The lowest BCUT2D eigenvalue weighted by Gasteiger charge is -2.14. The van der Waals surface area contributed by atoms with Crippen molar-refractivity contribution >= 4 is 23.7 Å². The lowest BCUT2D eigenvalue weighted by atomic mass is 10.2. The van der Waals surface area contributed by atoms with Gasteiger partial charge < -0.3 is 26.8 Å². The van der Waals surface area contributed by atoms with Crippen LogP contribution in [0.15, 0.2) is 0 Å². The van der Waals surface area contributed by atoms with E-state index in [0.717, 1.165) is 11.8 Å². The number of rotatable bonds is 7. The molecule has 0 spiro atoms. The summed E-state index contributed by atoms with van der Waals surface area (Å²) in [5.41, 5.74) is 9.31. The Bertz CT molecular complexity index is 237. The molecule has 8 heteroatoms. The topological polar surface area (TPSA) is 147 Å². The number of hydrogen-bond donors (Lipinski definition) is 5. The Hall–Kier alpha value is -0.830. The molecule has 0 saturated carbocycles. The predicted molar refractivity (Wildman–Crippen MR) is 54.3 cm³/mol. The van der Waals surface area contributed by atoms with Gasteiger partial charge in [0.15, 0.2) is 0 Å². The molecule has 0 aliphatic rings. The monoisotopic (exact) mass is 238 g/mol. The second kappa shape index (κ2) is 6.62. The third kappa shape index (κ3) is 6.28. The molecular weight excluding hydrogens is 224 g/mol. The second-order valence-electron chi connectivity index (χ2n) is 2.91. The minimum Gasteiger partial charge on any atom is -0.480 e. The highest BCUT2D eigenvalue weighted by Gasteiger charge is 2.19. The van der Waals surface area contributed by atoms with E-state index in [0.29, 0.717) is 0 Å². The Morgan fingerprint density at radius 1 is 1.13 bits per heavy atom. The number of aliphatic hydroxyl groups is 1. The Labute approximate surface area is 90.4 Å². The summed E-state index contributed by atoms with van der Waals surface area (Å²) < 4.78 is 0. The van der Waals surface area contributed by atoms with E-state index in [-0.39, 0.29) is 12.2 Å². The Kier molecular flexibility index (Phi) is 6.25. The highest BCUT2D eigenvalue weighted by atomic mass is 32.2. The van der Waals surface area contributed by atoms with Crippen LogP contribution in [-0.4, -0.2) is 50.5 Å². The van der Waals surface area contributed by atoms with Gasteiger partial charge in [0.25, 0.3) is 0 Å². The van der Waals surface area contributed by atoms with Crippen molar-refractivity contribution in [2.24, 2.45) is 11.5 Å². The average molecular weight is 238 g/mol. The number of nitrogens with two attached hydrogens (primary N) is 2. The van der Waals surface area contributed by atoms with Gasteiger partial charge in [0.05, 0.1) is 0 Å². The van der Waals surface area contributed by atoms with Crippen molar-refractivity contribution in [3.63, 3.8) is 0 Å². The largest absolute Gasteiger partial charge is 0.480 e. The minimum atomic E-state index is -1.21. The second-order valence-corrected chi connectivity index (χ2v) is 4.12. The Morgan fingerprint density at radius 3 is 2.00 bits per heavy atom. The van der Waals surface area contributed by atoms with E-state index in [1.165, 1.54) is 0 Å². The van der Waals surface area contributed by atoms with Crippen LogP contribution in [0.3, 0.4) is 0 Å². The van der Waals surface area contributed by atoms with Crippen molar-refractivity contribution in [2.45, 2.75) is 23.9 Å². The van der Waals surface area contributed by atoms with Crippen LogP contribution in [0.25, 0.3) is 0 Å². The van der Waals surface area contributed by atoms with Crippen molar-refractivity contribution in [1.29, 1.82) is 0 Å². The molecule has 7 nitrogen and oxygen atoms in total. The summed E-state index contributed by atoms with van der Waals surface area (Å²) in [6.45, 7) is 0. The molecule has 3 atom stereocenters. The molecule has 0 aliphatic heterocycles. The molecule has 0 saturated heterocycles. The molecule has 0 unspecified atom stereocenters. The van der Waals surface area contributed by atoms with Gasteiger partial charge in [0, 0.05) is 12.2 Å². The number of aliphatic carboxylic acids is 2. The van der Waals surface area contributed by atoms with Crippen molar-refractivity contribution in [2.75, 3.05) is 5.75 Å². The highest BCUT2D eigenvalue weighted by molar-refractivity contribution is 7.99. The van der Waals surface area contributed by atoms with Crippen LogP contribution in [0.2, 0.25) is 0 Å². The number of carboxylic acids is 2. The van der Waals surface area contributed by atoms with E-state index >= 15 is 0 Å². The number of carboxylic acid groups (broad SMARTS) is 2. The van der Waals surface area contributed by atoms with Crippen LogP contribution in [0.5, 0.6) is 0 Å². The van der Waals surface area contributed by atoms with Crippen LogP contribution in [0.1, 0.15) is 6.42 Å². The summed E-state index contributed by atoms with van der Waals surface area (Å²) in [5, 5.41) is 26.1. The zero-order chi connectivity index (χ0) is 12.0. The van der Waals surface area contributed by atoms with E-state index < -0.39 is 29.5 Å². The van der Waals surface area contributed by atoms with Gasteiger partial charge in [-0.05, 0) is 0 Å². The third-order valence-corrected chi connectivity index (χ3v) is 2.69. The quantitative estimate of drug-likeness (QED) is 0.328. The van der Waals surface area contributed by atoms with Gasteiger partial charge in [-0.3, -0.25) is 9.59 Å². The first-order valence-electron chi connectivity index (χ1n) is 4.11. The SMILES string of the molecule is N[C@@H](CS[C@@H](O)C[C@H](N)C(=O)O)C(=O)O. The summed E-state index contributed by atoms with van der Waals surface area (Å²) in [7, 11) is 0. The van der Waals surface area contributed by atoms with Gasteiger partial charge in [-0.25, -0.2) is 0 Å². The number of carbonyl (C=O) groups is 2. The van der Waals surface area contributed by atoms with Gasteiger partial charge >= 0.3 is 11.9 Å². The zero-order valence-corrected chi connectivity index (χ0v) is 8.68. The van der Waals surface area contributed by atoms with Gasteiger partial charge in [-0.1, -0.05) is 0 Å². The standard InChI is InChI=1S/C7H14N2O5S/c8-3(6(11)12)1-5(10)15-2-4(9)7(13)14/h3-5,10H,1-2,8-9H2,(H,11,12)(H,13,14)/t3-,4-,5+/m0/s1. The molecule has 0 rings (SSSR count). The van der Waals surface area contributed by atoms with Gasteiger partial charge in [-0.15, -0.1) is 11.8 Å². The number of thioether (sulfide) groups is 1. The molecular formula is C7H14N2O5S. The summed E-state index contributed by atoms with van der Waals surface area (Å²) in [6.07, 6.45) is -0.146. The van der Waals surface area contributed by atoms with Gasteiger partial charge in [-0.2, -0.15) is 0 Å². The molecule has 0 radical (unpaired) electrons. The van der Waals surface area contributed by atoms with Crippen LogP contribution < -0.4 is 11.5 Å². The molecule has 0 fully saturated rings. The molecule has 0 amide bonds. The van der Waals surface area contributed by atoms with E-state index in [2.05, 4.69) is 0 Å². The molecule has 0 aromatic carbocycles. The van der Waals surface area contributed by atoms with Crippen molar-refractivity contribution in [3.05, 3.63) is 0 Å². The Balaban J connectivity index is 3.79. The molecule has 0 bridgehead atoms. The smallest absolute Gasteiger partial charge is 0.321 e. The highest BCUT2D eigenvalue weighted by Crippen LogP contribution is 2.13. The van der Waals surface area contributed by atoms with Gasteiger partial charge in [0.1, 0.15) is 17.5 Å². The number of aliphatic hydroxyl groups excluding tert-OH is 1. The van der Waals surface area contributed by atoms with Crippen LogP contribution in [-0.2, 0) is 9.59 Å². The maximum absolute atomic E-state index is 10.3. The van der Waals surface area contributed by atoms with E-state index in [4.69, 9.17) is 21.7 Å². The molecule has 88 valence electrons. The van der Waals surface area contributed by atoms with Crippen LogP contribution in [0.4, 0.5) is 0 Å². The lowest BCUT2D eigenvalue weighted by Crippen LogP contribution is -2.35. The zero-order valence-electron chi connectivity index (χ0n) is 7.87. The van der Waals surface area contributed by atoms with Gasteiger partial charge in [0.2, 0.25) is 0 Å². The lowest BCUT2D eigenvalue weighted by molar-refractivity contribution is -0.139. The first-order valence-corrected chi connectivity index (χ1v) is 5.16. The number of hydrogen-bond acceptors (Lipinski definition) is 6. The fourth-order valence-electron chi connectivity index (χ4n) is 0.672. The summed E-state index contributed by atoms with van der Waals surface area (Å²) >= 11 is 0.865. The first kappa shape index (κ1) is 14.2. The molecule has 0 aromatic rings. The molecule has 0 aliphatic carbocycles. The average Bonchev–Trinajstić information content (AvgIpc) is 2.13. The summed E-state index contributed by atoms with van der Waals surface area (Å²) in [4.78, 5) is 20.6. The van der Waals surface area contributed by atoms with E-state index in [9.17, 15) is 14.7 Å². The van der Waals surface area contributed by atoms with Crippen LogP contribution in [0, 0.1) is 0 Å². The molecule has 7 N–H and O–H groups in total. The van der Waals surface area contributed by atoms with E-state index in [1.54, 1.807) is 0 Å². The summed E-state index contributed by atoms with van der Waals surface area (Å²) in [5.74, 6) is -2.38. The summed E-state index contributed by atoms with van der Waals surface area (Å²) in [6, 6.07) is -2.24.